The molecule has 118 valence electrons. The Balaban J connectivity index is 2.13. The molecule has 1 unspecified atom stereocenters. The van der Waals surface area contributed by atoms with E-state index >= 15 is 0 Å². The van der Waals surface area contributed by atoms with Gasteiger partial charge in [-0.15, -0.1) is 0 Å². The first-order chi connectivity index (χ1) is 10.0. The van der Waals surface area contributed by atoms with Gasteiger partial charge in [-0.2, -0.15) is 0 Å². The molecule has 2 N–H and O–H groups in total. The van der Waals surface area contributed by atoms with Crippen molar-refractivity contribution in [1.82, 2.24) is 4.90 Å². The molecule has 21 heavy (non-hydrogen) atoms. The van der Waals surface area contributed by atoms with E-state index in [9.17, 15) is 8.78 Å². The lowest BCUT2D eigenvalue weighted by Gasteiger charge is -2.38. The van der Waals surface area contributed by atoms with Crippen LogP contribution in [0, 0.1) is 5.92 Å². The molecule has 0 amide bonds. The summed E-state index contributed by atoms with van der Waals surface area (Å²) >= 11 is 0. The lowest BCUT2D eigenvalue weighted by Crippen LogP contribution is -2.40. The van der Waals surface area contributed by atoms with Crippen molar-refractivity contribution < 1.29 is 8.78 Å². The average Bonchev–Trinajstić information content (AvgIpc) is 2.49. The minimum absolute atomic E-state index is 0.0158. The number of alkyl halides is 2. The first kappa shape index (κ1) is 16.4. The molecular formula is C17H26F2N2. The SMILES string of the molecule is CC1CCC(N(C)C(CN)c2cccc(C(F)F)c2)CC1. The van der Waals surface area contributed by atoms with Crippen LogP contribution in [0.25, 0.3) is 0 Å². The maximum absolute atomic E-state index is 12.9. The Morgan fingerprint density at radius 1 is 1.19 bits per heavy atom. The quantitative estimate of drug-likeness (QED) is 0.885. The lowest BCUT2D eigenvalue weighted by molar-refractivity contribution is 0.125. The third-order valence-corrected chi connectivity index (χ3v) is 4.82. The topological polar surface area (TPSA) is 29.3 Å². The van der Waals surface area contributed by atoms with Gasteiger partial charge < -0.3 is 5.73 Å². The largest absolute Gasteiger partial charge is 0.329 e. The van der Waals surface area contributed by atoms with Gasteiger partial charge in [-0.1, -0.05) is 25.1 Å². The molecule has 0 aliphatic heterocycles. The van der Waals surface area contributed by atoms with E-state index in [0.29, 0.717) is 12.6 Å². The fourth-order valence-corrected chi connectivity index (χ4v) is 3.34. The minimum atomic E-state index is -2.43. The maximum atomic E-state index is 12.9. The van der Waals surface area contributed by atoms with E-state index in [1.807, 2.05) is 6.07 Å². The van der Waals surface area contributed by atoms with E-state index < -0.39 is 6.43 Å². The number of likely N-dealkylation sites (N-methyl/N-ethyl adjacent to an activating group) is 1. The van der Waals surface area contributed by atoms with Crippen LogP contribution in [-0.4, -0.2) is 24.5 Å². The molecule has 2 nitrogen and oxygen atoms in total. The molecule has 1 aliphatic carbocycles. The van der Waals surface area contributed by atoms with E-state index in [0.717, 1.165) is 11.5 Å². The molecule has 1 aliphatic rings. The highest BCUT2D eigenvalue weighted by molar-refractivity contribution is 5.27. The summed E-state index contributed by atoms with van der Waals surface area (Å²) in [6.07, 6.45) is 2.39. The summed E-state index contributed by atoms with van der Waals surface area (Å²) in [4.78, 5) is 2.29. The van der Waals surface area contributed by atoms with Crippen LogP contribution in [0.2, 0.25) is 0 Å². The predicted molar refractivity (Wildman–Crippen MR) is 82.4 cm³/mol. The van der Waals surface area contributed by atoms with Crippen LogP contribution in [-0.2, 0) is 0 Å². The fraction of sp³-hybridized carbons (Fsp3) is 0.647. The Bertz CT molecular complexity index is 442. The highest BCUT2D eigenvalue weighted by Crippen LogP contribution is 2.32. The van der Waals surface area contributed by atoms with Gasteiger partial charge in [-0.25, -0.2) is 8.78 Å². The van der Waals surface area contributed by atoms with Gasteiger partial charge in [-0.05, 0) is 50.3 Å². The number of hydrogen-bond donors (Lipinski definition) is 1. The number of halogens is 2. The van der Waals surface area contributed by atoms with Crippen LogP contribution in [0.4, 0.5) is 8.78 Å². The van der Waals surface area contributed by atoms with Crippen LogP contribution in [0.15, 0.2) is 24.3 Å². The molecule has 0 bridgehead atoms. The Labute approximate surface area is 126 Å². The number of hydrogen-bond acceptors (Lipinski definition) is 2. The smallest absolute Gasteiger partial charge is 0.263 e. The normalized spacial score (nSPS) is 24.5. The van der Waals surface area contributed by atoms with E-state index in [1.165, 1.54) is 31.7 Å². The molecule has 1 fully saturated rings. The summed E-state index contributed by atoms with van der Waals surface area (Å²) in [7, 11) is 2.08. The van der Waals surface area contributed by atoms with Gasteiger partial charge in [-0.3, -0.25) is 4.90 Å². The lowest BCUT2D eigenvalue weighted by atomic mass is 9.86. The van der Waals surface area contributed by atoms with Crippen molar-refractivity contribution in [3.8, 4) is 0 Å². The van der Waals surface area contributed by atoms with Gasteiger partial charge in [0.05, 0.1) is 0 Å². The monoisotopic (exact) mass is 296 g/mol. The Morgan fingerprint density at radius 2 is 1.81 bits per heavy atom. The molecule has 0 aromatic heterocycles. The van der Waals surface area contributed by atoms with Crippen LogP contribution >= 0.6 is 0 Å². The molecule has 1 aromatic carbocycles. The minimum Gasteiger partial charge on any atom is -0.329 e. The van der Waals surface area contributed by atoms with E-state index in [1.54, 1.807) is 12.1 Å². The second kappa shape index (κ2) is 7.32. The fourth-order valence-electron chi connectivity index (χ4n) is 3.34. The molecule has 4 heteroatoms. The zero-order valence-corrected chi connectivity index (χ0v) is 12.9. The van der Waals surface area contributed by atoms with Crippen molar-refractivity contribution in [3.63, 3.8) is 0 Å². The zero-order chi connectivity index (χ0) is 15.4. The average molecular weight is 296 g/mol. The van der Waals surface area contributed by atoms with Crippen molar-refractivity contribution in [1.29, 1.82) is 0 Å². The van der Waals surface area contributed by atoms with Crippen molar-refractivity contribution in [2.24, 2.45) is 11.7 Å². The molecule has 0 spiro atoms. The predicted octanol–water partition coefficient (Wildman–Crippen LogP) is 4.13. The summed E-state index contributed by atoms with van der Waals surface area (Å²) in [5.74, 6) is 0.799. The summed E-state index contributed by atoms with van der Waals surface area (Å²) in [6, 6.07) is 7.21. The summed E-state index contributed by atoms with van der Waals surface area (Å²) in [5, 5.41) is 0. The Kier molecular flexibility index (Phi) is 5.71. The molecule has 1 aromatic rings. The van der Waals surface area contributed by atoms with Crippen molar-refractivity contribution in [2.75, 3.05) is 13.6 Å². The molecule has 1 saturated carbocycles. The zero-order valence-electron chi connectivity index (χ0n) is 12.9. The third kappa shape index (κ3) is 4.01. The molecule has 0 saturated heterocycles. The first-order valence-corrected chi connectivity index (χ1v) is 7.83. The third-order valence-electron chi connectivity index (χ3n) is 4.82. The van der Waals surface area contributed by atoms with Crippen LogP contribution < -0.4 is 5.73 Å². The number of benzene rings is 1. The van der Waals surface area contributed by atoms with Gasteiger partial charge >= 0.3 is 0 Å². The van der Waals surface area contributed by atoms with Crippen molar-refractivity contribution in [2.45, 2.75) is 51.1 Å². The van der Waals surface area contributed by atoms with E-state index in [4.69, 9.17) is 5.73 Å². The molecule has 0 heterocycles. The van der Waals surface area contributed by atoms with Gasteiger partial charge in [0.15, 0.2) is 0 Å². The van der Waals surface area contributed by atoms with Gasteiger partial charge in [0.2, 0.25) is 0 Å². The van der Waals surface area contributed by atoms with Crippen LogP contribution in [0.1, 0.15) is 56.2 Å². The number of nitrogens with zero attached hydrogens (tertiary/aromatic N) is 1. The second-order valence-electron chi connectivity index (χ2n) is 6.30. The van der Waals surface area contributed by atoms with Crippen LogP contribution in [0.5, 0.6) is 0 Å². The number of nitrogens with two attached hydrogens (primary N) is 1. The maximum Gasteiger partial charge on any atom is 0.263 e. The number of rotatable bonds is 5. The van der Waals surface area contributed by atoms with Crippen molar-refractivity contribution in [3.05, 3.63) is 35.4 Å². The first-order valence-electron chi connectivity index (χ1n) is 7.83. The standard InChI is InChI=1S/C17H26F2N2/c1-12-6-8-15(9-7-12)21(2)16(11-20)13-4-3-5-14(10-13)17(18)19/h3-5,10,12,15-17H,6-9,11,20H2,1-2H3. The molecule has 2 rings (SSSR count). The van der Waals surface area contributed by atoms with E-state index in [2.05, 4.69) is 18.9 Å². The molecule has 1 atom stereocenters. The Morgan fingerprint density at radius 3 is 2.38 bits per heavy atom. The Hall–Kier alpha value is -1.00. The van der Waals surface area contributed by atoms with E-state index in [-0.39, 0.29) is 11.6 Å². The highest BCUT2D eigenvalue weighted by Gasteiger charge is 2.27. The summed E-state index contributed by atoms with van der Waals surface area (Å²) in [5.41, 5.74) is 6.92. The van der Waals surface area contributed by atoms with Crippen molar-refractivity contribution >= 4 is 0 Å². The second-order valence-corrected chi connectivity index (χ2v) is 6.30. The summed E-state index contributed by atoms with van der Waals surface area (Å²) < 4.78 is 25.7. The van der Waals surface area contributed by atoms with Gasteiger partial charge in [0.25, 0.3) is 6.43 Å². The molecular weight excluding hydrogens is 270 g/mol. The highest BCUT2D eigenvalue weighted by atomic mass is 19.3. The molecule has 0 radical (unpaired) electrons. The summed E-state index contributed by atoms with van der Waals surface area (Å²) in [6.45, 7) is 2.75. The van der Waals surface area contributed by atoms with Gasteiger partial charge in [0, 0.05) is 24.2 Å². The van der Waals surface area contributed by atoms with Crippen LogP contribution in [0.3, 0.4) is 0 Å². The van der Waals surface area contributed by atoms with Gasteiger partial charge in [0.1, 0.15) is 0 Å².